The third-order valence-electron chi connectivity index (χ3n) is 9.24. The van der Waals surface area contributed by atoms with E-state index in [0.29, 0.717) is 53.8 Å². The first-order chi connectivity index (χ1) is 23.0. The van der Waals surface area contributed by atoms with Crippen LogP contribution in [-0.2, 0) is 30.0 Å². The Labute approximate surface area is 282 Å². The second-order valence-electron chi connectivity index (χ2n) is 12.2. The molecule has 13 heteroatoms. The summed E-state index contributed by atoms with van der Waals surface area (Å²) < 4.78 is 13.8. The van der Waals surface area contributed by atoms with Gasteiger partial charge in [0.25, 0.3) is 11.5 Å². The molecule has 2 aliphatic rings. The average molecular weight is 673 g/mol. The fraction of sp³-hybridized carbons (Fsp3) is 0.343. The highest BCUT2D eigenvalue weighted by Crippen LogP contribution is 2.43. The number of aromatic nitrogens is 3. The number of hydrogen-bond donors (Lipinski definition) is 3. The van der Waals surface area contributed by atoms with Crippen LogP contribution >= 0.6 is 11.6 Å². The minimum absolute atomic E-state index is 0.0694. The Hall–Kier alpha value is -4.78. The maximum absolute atomic E-state index is 13.2. The molecule has 1 fully saturated rings. The molecule has 1 aliphatic carbocycles. The number of amides is 2. The molecule has 250 valence electrons. The third kappa shape index (κ3) is 6.02. The van der Waals surface area contributed by atoms with Gasteiger partial charge in [0.2, 0.25) is 11.8 Å². The molecule has 0 bridgehead atoms. The van der Waals surface area contributed by atoms with Crippen molar-refractivity contribution in [1.29, 1.82) is 0 Å². The Balaban J connectivity index is 1.32. The van der Waals surface area contributed by atoms with Gasteiger partial charge in [-0.3, -0.25) is 19.0 Å². The zero-order valence-corrected chi connectivity index (χ0v) is 28.1. The van der Waals surface area contributed by atoms with Crippen LogP contribution in [-0.4, -0.2) is 59.3 Å². The monoisotopic (exact) mass is 672 g/mol. The van der Waals surface area contributed by atoms with E-state index in [-0.39, 0.29) is 29.5 Å². The largest absolute Gasteiger partial charge is 0.481 e. The van der Waals surface area contributed by atoms with E-state index in [1.807, 2.05) is 37.3 Å². The number of nitrogens with zero attached hydrogens (tertiary/aromatic N) is 3. The molecule has 2 amide bonds. The van der Waals surface area contributed by atoms with Gasteiger partial charge < -0.3 is 30.0 Å². The number of benzene rings is 2. The number of halogens is 1. The molecule has 1 aliphatic heterocycles. The number of carbonyl (C=O) groups excluding carboxylic acids is 2. The summed E-state index contributed by atoms with van der Waals surface area (Å²) in [7, 11) is 6.09. The van der Waals surface area contributed by atoms with Crippen molar-refractivity contribution in [3.8, 4) is 28.3 Å². The van der Waals surface area contributed by atoms with E-state index in [1.165, 1.54) is 24.9 Å². The van der Waals surface area contributed by atoms with Crippen molar-refractivity contribution in [1.82, 2.24) is 24.8 Å². The zero-order valence-electron chi connectivity index (χ0n) is 27.3. The van der Waals surface area contributed by atoms with Crippen LogP contribution in [0.15, 0.2) is 58.3 Å². The van der Waals surface area contributed by atoms with Crippen molar-refractivity contribution < 1.29 is 19.1 Å². The van der Waals surface area contributed by atoms with Gasteiger partial charge in [-0.15, -0.1) is 0 Å². The number of nitrogens with one attached hydrogen (secondary N) is 3. The minimum atomic E-state index is -0.682. The van der Waals surface area contributed by atoms with Gasteiger partial charge in [-0.1, -0.05) is 41.9 Å². The number of fused-ring (bicyclic) bond motifs is 1. The highest BCUT2D eigenvalue weighted by atomic mass is 35.5. The van der Waals surface area contributed by atoms with Gasteiger partial charge >= 0.3 is 5.69 Å². The lowest BCUT2D eigenvalue weighted by Crippen LogP contribution is -2.40. The summed E-state index contributed by atoms with van der Waals surface area (Å²) in [5, 5.41) is 9.78. The van der Waals surface area contributed by atoms with E-state index < -0.39 is 17.2 Å². The molecule has 0 saturated carbocycles. The van der Waals surface area contributed by atoms with Crippen LogP contribution in [0.5, 0.6) is 5.88 Å². The molecule has 3 N–H and O–H groups in total. The summed E-state index contributed by atoms with van der Waals surface area (Å²) in [6, 6.07) is 13.0. The fourth-order valence-corrected chi connectivity index (χ4v) is 6.93. The van der Waals surface area contributed by atoms with E-state index >= 15 is 0 Å². The SMILES string of the molecule is COc1nc(-c2cccc(-c3cccc(NC(=O)c4cn(C)c(=O)n(C)c4=O)c3C)c2Cl)cc2c1[C@@H](NC[C@@H]1CNC(=O)C1)[C@H](OC)C2. The number of aryl methyl sites for hydroxylation is 1. The molecule has 6 rings (SSSR count). The van der Waals surface area contributed by atoms with Gasteiger partial charge in [0.1, 0.15) is 5.56 Å². The molecule has 4 aromatic rings. The van der Waals surface area contributed by atoms with Crippen molar-refractivity contribution in [3.05, 3.63) is 96.8 Å². The first kappa shape index (κ1) is 33.1. The van der Waals surface area contributed by atoms with E-state index in [9.17, 15) is 19.2 Å². The molecule has 3 heterocycles. The predicted molar refractivity (Wildman–Crippen MR) is 183 cm³/mol. The van der Waals surface area contributed by atoms with E-state index in [0.717, 1.165) is 32.4 Å². The van der Waals surface area contributed by atoms with Crippen molar-refractivity contribution in [2.24, 2.45) is 20.0 Å². The first-order valence-corrected chi connectivity index (χ1v) is 16.0. The molecule has 0 radical (unpaired) electrons. The molecule has 1 saturated heterocycles. The van der Waals surface area contributed by atoms with E-state index in [4.69, 9.17) is 26.1 Å². The zero-order chi connectivity index (χ0) is 34.3. The fourth-order valence-electron chi connectivity index (χ4n) is 6.61. The summed E-state index contributed by atoms with van der Waals surface area (Å²) >= 11 is 7.12. The number of anilines is 1. The van der Waals surface area contributed by atoms with Crippen LogP contribution in [0.1, 0.15) is 39.5 Å². The molecule has 2 aromatic heterocycles. The van der Waals surface area contributed by atoms with E-state index in [2.05, 4.69) is 16.0 Å². The number of hydrogen-bond acceptors (Lipinski definition) is 8. The molecule has 12 nitrogen and oxygen atoms in total. The Kier molecular flexibility index (Phi) is 9.24. The number of pyridine rings is 1. The van der Waals surface area contributed by atoms with Crippen molar-refractivity contribution in [3.63, 3.8) is 0 Å². The van der Waals surface area contributed by atoms with Crippen LogP contribution in [0.2, 0.25) is 5.02 Å². The standard InChI is InChI=1S/C35H37ClN6O6/c1-18-21(8-7-11-25(18)39-32(44)24-17-41(2)35(46)42(3)34(24)45)22-9-6-10-23(30(22)36)26-13-20-14-27(47-4)31(29(20)33(40-26)48-5)38-16-19-12-28(43)37-15-19/h6-11,13,17,19,27,31,38H,12,14-16H2,1-5H3,(H,37,43)(H,39,44)/t19-,27+,31-/m0/s1. The van der Waals surface area contributed by atoms with Crippen LogP contribution < -0.4 is 31.9 Å². The maximum Gasteiger partial charge on any atom is 0.330 e. The Morgan fingerprint density at radius 3 is 2.50 bits per heavy atom. The number of rotatable bonds is 9. The molecule has 0 unspecified atom stereocenters. The third-order valence-corrected chi connectivity index (χ3v) is 9.64. The van der Waals surface area contributed by atoms with Crippen molar-refractivity contribution >= 4 is 29.1 Å². The van der Waals surface area contributed by atoms with Gasteiger partial charge in [0.05, 0.1) is 30.0 Å². The van der Waals surface area contributed by atoms with Crippen LogP contribution in [0, 0.1) is 12.8 Å². The van der Waals surface area contributed by atoms with Gasteiger partial charge in [0.15, 0.2) is 0 Å². The molecule has 2 aromatic carbocycles. The highest BCUT2D eigenvalue weighted by molar-refractivity contribution is 6.36. The molecular weight excluding hydrogens is 636 g/mol. The van der Waals surface area contributed by atoms with Crippen LogP contribution in [0.3, 0.4) is 0 Å². The quantitative estimate of drug-likeness (QED) is 0.246. The molecule has 48 heavy (non-hydrogen) atoms. The summed E-state index contributed by atoms with van der Waals surface area (Å²) in [6.07, 6.45) is 2.24. The lowest BCUT2D eigenvalue weighted by molar-refractivity contribution is -0.119. The van der Waals surface area contributed by atoms with Crippen LogP contribution in [0.4, 0.5) is 5.69 Å². The van der Waals surface area contributed by atoms with Gasteiger partial charge in [-0.05, 0) is 41.7 Å². The molecule has 0 spiro atoms. The highest BCUT2D eigenvalue weighted by Gasteiger charge is 2.37. The average Bonchev–Trinajstić information content (AvgIpc) is 3.67. The summed E-state index contributed by atoms with van der Waals surface area (Å²) in [6.45, 7) is 3.16. The first-order valence-electron chi connectivity index (χ1n) is 15.6. The Bertz CT molecular complexity index is 2060. The number of carbonyl (C=O) groups is 2. The van der Waals surface area contributed by atoms with Gasteiger partial charge in [0, 0.05) is 75.7 Å². The van der Waals surface area contributed by atoms with E-state index in [1.54, 1.807) is 26.4 Å². The molecular formula is C35H37ClN6O6. The summed E-state index contributed by atoms with van der Waals surface area (Å²) in [5.41, 5.74) is 4.71. The lowest BCUT2D eigenvalue weighted by atomic mass is 9.96. The smallest absolute Gasteiger partial charge is 0.330 e. The minimum Gasteiger partial charge on any atom is -0.481 e. The second-order valence-corrected chi connectivity index (χ2v) is 12.6. The predicted octanol–water partition coefficient (Wildman–Crippen LogP) is 3.37. The summed E-state index contributed by atoms with van der Waals surface area (Å²) in [5.74, 6) is 0.123. The van der Waals surface area contributed by atoms with Gasteiger partial charge in [-0.2, -0.15) is 0 Å². The van der Waals surface area contributed by atoms with Crippen molar-refractivity contribution in [2.75, 3.05) is 32.6 Å². The number of ether oxygens (including phenoxy) is 2. The Morgan fingerprint density at radius 1 is 1.06 bits per heavy atom. The molecule has 3 atom stereocenters. The maximum atomic E-state index is 13.2. The normalized spacial score (nSPS) is 18.5. The second kappa shape index (κ2) is 13.4. The number of methoxy groups -OCH3 is 2. The van der Waals surface area contributed by atoms with Crippen molar-refractivity contribution in [2.45, 2.75) is 31.9 Å². The van der Waals surface area contributed by atoms with Gasteiger partial charge in [-0.25, -0.2) is 9.78 Å². The topological polar surface area (TPSA) is 146 Å². The summed E-state index contributed by atoms with van der Waals surface area (Å²) in [4.78, 5) is 54.6. The Morgan fingerprint density at radius 2 is 1.79 bits per heavy atom. The lowest BCUT2D eigenvalue weighted by Gasteiger charge is -2.23. The van der Waals surface area contributed by atoms with Crippen LogP contribution in [0.25, 0.3) is 22.4 Å².